The molecule has 25 heavy (non-hydrogen) atoms. The van der Waals surface area contributed by atoms with Crippen molar-refractivity contribution in [3.05, 3.63) is 95.1 Å². The Morgan fingerprint density at radius 1 is 0.520 bits per heavy atom. The van der Waals surface area contributed by atoms with Gasteiger partial charge < -0.3 is 0 Å². The van der Waals surface area contributed by atoms with Crippen LogP contribution in [-0.4, -0.2) is 9.97 Å². The summed E-state index contributed by atoms with van der Waals surface area (Å²) in [5, 5.41) is 0. The van der Waals surface area contributed by atoms with E-state index in [1.165, 1.54) is 14.7 Å². The van der Waals surface area contributed by atoms with Crippen LogP contribution < -0.4 is 0 Å². The van der Waals surface area contributed by atoms with Crippen LogP contribution >= 0.6 is 22.6 Å². The van der Waals surface area contributed by atoms with Gasteiger partial charge in [-0.1, -0.05) is 24.3 Å². The molecule has 0 fully saturated rings. The second kappa shape index (κ2) is 7.15. The number of rotatable bonds is 3. The van der Waals surface area contributed by atoms with E-state index in [4.69, 9.17) is 0 Å². The molecule has 2 heterocycles. The van der Waals surface area contributed by atoms with E-state index in [1.54, 1.807) is 12.4 Å². The van der Waals surface area contributed by atoms with Crippen molar-refractivity contribution >= 4 is 22.6 Å². The summed E-state index contributed by atoms with van der Waals surface area (Å²) in [5.74, 6) is 0. The van der Waals surface area contributed by atoms with Gasteiger partial charge in [0.1, 0.15) is 0 Å². The molecule has 0 unspecified atom stereocenters. The zero-order valence-electron chi connectivity index (χ0n) is 13.4. The fraction of sp³-hybridized carbons (Fsp3) is 0. The predicted molar refractivity (Wildman–Crippen MR) is 111 cm³/mol. The largest absolute Gasteiger partial charge is 0.264 e. The third kappa shape index (κ3) is 3.61. The molecule has 0 spiro atoms. The highest BCUT2D eigenvalue weighted by Gasteiger charge is 2.08. The van der Waals surface area contributed by atoms with E-state index in [0.29, 0.717) is 0 Å². The Labute approximate surface area is 160 Å². The van der Waals surface area contributed by atoms with Crippen LogP contribution in [0.15, 0.2) is 91.5 Å². The number of aromatic nitrogens is 2. The topological polar surface area (TPSA) is 25.8 Å². The molecule has 0 saturated heterocycles. The molecule has 0 aliphatic carbocycles. The van der Waals surface area contributed by atoms with Crippen LogP contribution in [0, 0.1) is 3.57 Å². The van der Waals surface area contributed by atoms with E-state index < -0.39 is 0 Å². The Morgan fingerprint density at radius 2 is 1.04 bits per heavy atom. The van der Waals surface area contributed by atoms with Crippen molar-refractivity contribution in [2.24, 2.45) is 0 Å². The van der Waals surface area contributed by atoms with Gasteiger partial charge in [-0.2, -0.15) is 0 Å². The van der Waals surface area contributed by atoms with Gasteiger partial charge >= 0.3 is 0 Å². The Balaban J connectivity index is 1.92. The monoisotopic (exact) mass is 434 g/mol. The van der Waals surface area contributed by atoms with Crippen LogP contribution in [0.4, 0.5) is 0 Å². The Hall–Kier alpha value is -2.53. The first-order valence-corrected chi connectivity index (χ1v) is 9.09. The summed E-state index contributed by atoms with van der Waals surface area (Å²) in [6.45, 7) is 0. The van der Waals surface area contributed by atoms with Crippen LogP contribution in [-0.2, 0) is 0 Å². The first-order valence-electron chi connectivity index (χ1n) is 8.01. The molecule has 3 heteroatoms. The van der Waals surface area contributed by atoms with Crippen LogP contribution in [0.5, 0.6) is 0 Å². The number of hydrogen-bond donors (Lipinski definition) is 0. The molecule has 0 bridgehead atoms. The molecule has 0 radical (unpaired) electrons. The molecular formula is C22H15IN2. The molecule has 2 nitrogen and oxygen atoms in total. The zero-order chi connectivity index (χ0) is 17.1. The average Bonchev–Trinajstić information content (AvgIpc) is 2.69. The normalized spacial score (nSPS) is 10.6. The lowest BCUT2D eigenvalue weighted by molar-refractivity contribution is 1.32. The second-order valence-corrected chi connectivity index (χ2v) is 7.04. The van der Waals surface area contributed by atoms with Crippen molar-refractivity contribution in [2.75, 3.05) is 0 Å². The Kier molecular flexibility index (Phi) is 4.57. The number of pyridine rings is 2. The molecule has 0 saturated carbocycles. The molecule has 0 atom stereocenters. The molecule has 0 aliphatic heterocycles. The van der Waals surface area contributed by atoms with E-state index in [0.717, 1.165) is 22.3 Å². The molecular weight excluding hydrogens is 419 g/mol. The number of nitrogens with zero attached hydrogens (tertiary/aromatic N) is 2. The van der Waals surface area contributed by atoms with E-state index in [-0.39, 0.29) is 0 Å². The zero-order valence-corrected chi connectivity index (χ0v) is 15.6. The number of halogens is 1. The van der Waals surface area contributed by atoms with Gasteiger partial charge in [0.05, 0.1) is 0 Å². The van der Waals surface area contributed by atoms with Gasteiger partial charge in [0, 0.05) is 39.5 Å². The summed E-state index contributed by atoms with van der Waals surface area (Å²) in [4.78, 5) is 8.53. The highest BCUT2D eigenvalue weighted by atomic mass is 127. The second-order valence-electron chi connectivity index (χ2n) is 5.79. The summed E-state index contributed by atoms with van der Waals surface area (Å²) in [7, 11) is 0. The third-order valence-electron chi connectivity index (χ3n) is 4.08. The summed E-state index contributed by atoms with van der Waals surface area (Å²) in [6, 6.07) is 23.3. The predicted octanol–water partition coefficient (Wildman–Crippen LogP) is 6.08. The maximum Gasteiger partial charge on any atom is 0.0346 e. The van der Waals surface area contributed by atoms with E-state index in [9.17, 15) is 0 Å². The number of benzene rings is 2. The summed E-state index contributed by atoms with van der Waals surface area (Å²) in [5.41, 5.74) is 6.94. The standard InChI is InChI=1S/C22H15IN2/c23-22-7-1-4-16(13-22)19-10-20(17-5-2-8-24-14-17)12-21(11-19)18-6-3-9-25-15-18/h1-15H. The van der Waals surface area contributed by atoms with Gasteiger partial charge in [0.15, 0.2) is 0 Å². The highest BCUT2D eigenvalue weighted by molar-refractivity contribution is 14.1. The minimum atomic E-state index is 1.11. The van der Waals surface area contributed by atoms with Crippen LogP contribution in [0.3, 0.4) is 0 Å². The van der Waals surface area contributed by atoms with Gasteiger partial charge in [0.25, 0.3) is 0 Å². The molecule has 120 valence electrons. The van der Waals surface area contributed by atoms with Gasteiger partial charge in [-0.05, 0) is 87.3 Å². The molecule has 0 aliphatic rings. The van der Waals surface area contributed by atoms with Gasteiger partial charge in [0.2, 0.25) is 0 Å². The maximum absolute atomic E-state index is 4.27. The molecule has 0 N–H and O–H groups in total. The van der Waals surface area contributed by atoms with Crippen molar-refractivity contribution in [1.29, 1.82) is 0 Å². The quantitative estimate of drug-likeness (QED) is 0.365. The number of hydrogen-bond acceptors (Lipinski definition) is 2. The van der Waals surface area contributed by atoms with Crippen molar-refractivity contribution < 1.29 is 0 Å². The first kappa shape index (κ1) is 16.0. The Morgan fingerprint density at radius 3 is 1.52 bits per heavy atom. The fourth-order valence-corrected chi connectivity index (χ4v) is 3.41. The van der Waals surface area contributed by atoms with Gasteiger partial charge in [-0.15, -0.1) is 0 Å². The van der Waals surface area contributed by atoms with Crippen molar-refractivity contribution in [3.8, 4) is 33.4 Å². The Bertz CT molecular complexity index is 941. The van der Waals surface area contributed by atoms with E-state index in [2.05, 4.69) is 87.2 Å². The molecule has 2 aromatic heterocycles. The van der Waals surface area contributed by atoms with Crippen molar-refractivity contribution in [2.45, 2.75) is 0 Å². The van der Waals surface area contributed by atoms with Crippen molar-refractivity contribution in [3.63, 3.8) is 0 Å². The van der Waals surface area contributed by atoms with Gasteiger partial charge in [-0.3, -0.25) is 9.97 Å². The lowest BCUT2D eigenvalue weighted by Crippen LogP contribution is -1.87. The molecule has 0 amide bonds. The minimum Gasteiger partial charge on any atom is -0.264 e. The van der Waals surface area contributed by atoms with Crippen LogP contribution in [0.1, 0.15) is 0 Å². The molecule has 4 rings (SSSR count). The SMILES string of the molecule is Ic1cccc(-c2cc(-c3cccnc3)cc(-c3cccnc3)c2)c1. The van der Waals surface area contributed by atoms with Gasteiger partial charge in [-0.25, -0.2) is 0 Å². The van der Waals surface area contributed by atoms with E-state index in [1.807, 2.05) is 24.5 Å². The lowest BCUT2D eigenvalue weighted by atomic mass is 9.94. The van der Waals surface area contributed by atoms with Crippen LogP contribution in [0.2, 0.25) is 0 Å². The average molecular weight is 434 g/mol. The lowest BCUT2D eigenvalue weighted by Gasteiger charge is -2.11. The third-order valence-corrected chi connectivity index (χ3v) is 4.75. The van der Waals surface area contributed by atoms with Crippen LogP contribution in [0.25, 0.3) is 33.4 Å². The maximum atomic E-state index is 4.27. The molecule has 2 aromatic carbocycles. The fourth-order valence-electron chi connectivity index (χ4n) is 2.86. The smallest absolute Gasteiger partial charge is 0.0346 e. The highest BCUT2D eigenvalue weighted by Crippen LogP contribution is 2.32. The first-order chi connectivity index (χ1) is 12.3. The summed E-state index contributed by atoms with van der Waals surface area (Å²) >= 11 is 2.35. The van der Waals surface area contributed by atoms with E-state index >= 15 is 0 Å². The minimum absolute atomic E-state index is 1.11. The summed E-state index contributed by atoms with van der Waals surface area (Å²) < 4.78 is 1.23. The molecule has 4 aromatic rings. The van der Waals surface area contributed by atoms with Crippen molar-refractivity contribution in [1.82, 2.24) is 9.97 Å². The summed E-state index contributed by atoms with van der Waals surface area (Å²) in [6.07, 6.45) is 7.41.